The number of imidazole rings is 1. The van der Waals surface area contributed by atoms with Gasteiger partial charge < -0.3 is 15.1 Å². The van der Waals surface area contributed by atoms with Gasteiger partial charge in [0.1, 0.15) is 17.6 Å². The first-order valence-corrected chi connectivity index (χ1v) is 5.76. The van der Waals surface area contributed by atoms with Crippen LogP contribution in [0.15, 0.2) is 28.5 Å². The summed E-state index contributed by atoms with van der Waals surface area (Å²) in [6.45, 7) is 1.68. The molecule has 3 rings (SSSR count). The van der Waals surface area contributed by atoms with Crippen molar-refractivity contribution in [3.05, 3.63) is 40.3 Å². The molecule has 0 atom stereocenters. The fraction of sp³-hybridized carbons (Fsp3) is 0.0833. The van der Waals surface area contributed by atoms with Crippen LogP contribution >= 0.6 is 0 Å². The lowest BCUT2D eigenvalue weighted by Crippen LogP contribution is -2.12. The van der Waals surface area contributed by atoms with E-state index in [1.54, 1.807) is 6.92 Å². The summed E-state index contributed by atoms with van der Waals surface area (Å²) in [6, 6.07) is 1.45. The van der Waals surface area contributed by atoms with Gasteiger partial charge >= 0.3 is 0 Å². The van der Waals surface area contributed by atoms with Crippen LogP contribution in [0.2, 0.25) is 0 Å². The molecule has 0 aromatic carbocycles. The van der Waals surface area contributed by atoms with Crippen molar-refractivity contribution in [2.24, 2.45) is 4.99 Å². The second kappa shape index (κ2) is 4.57. The number of aliphatic imine (C=N–C) groups is 1. The normalized spacial score (nSPS) is 11.4. The maximum absolute atomic E-state index is 11.7. The van der Waals surface area contributed by atoms with Gasteiger partial charge in [0.25, 0.3) is 5.56 Å². The molecule has 8 nitrogen and oxygen atoms in total. The highest BCUT2D eigenvalue weighted by atomic mass is 16.3. The Bertz CT molecular complexity index is 864. The fourth-order valence-electron chi connectivity index (χ4n) is 1.78. The minimum Gasteiger partial charge on any atom is -0.507 e. The van der Waals surface area contributed by atoms with E-state index < -0.39 is 5.56 Å². The average molecular weight is 270 g/mol. The molecule has 0 aliphatic rings. The van der Waals surface area contributed by atoms with Crippen molar-refractivity contribution < 1.29 is 5.11 Å². The van der Waals surface area contributed by atoms with Crippen molar-refractivity contribution in [2.75, 3.05) is 0 Å². The molecule has 3 heterocycles. The smallest absolute Gasteiger partial charge is 0.260 e. The van der Waals surface area contributed by atoms with Crippen molar-refractivity contribution in [3.63, 3.8) is 0 Å². The van der Waals surface area contributed by atoms with E-state index in [9.17, 15) is 9.90 Å². The second-order valence-corrected chi connectivity index (χ2v) is 4.14. The standard InChI is InChI=1S/C12H10N6O2/c1-6-2-8(19)7(12(20)18-6)3-13-10-9-11(15-4-14-9)17-5-16-10/h2-5H,1H3,(H2,18,19,20)(H,14,15,16,17). The Labute approximate surface area is 112 Å². The topological polar surface area (TPSA) is 120 Å². The molecular weight excluding hydrogens is 260 g/mol. The molecule has 8 heteroatoms. The fourth-order valence-corrected chi connectivity index (χ4v) is 1.78. The number of nitrogens with one attached hydrogen (secondary N) is 2. The minimum atomic E-state index is -0.416. The van der Waals surface area contributed by atoms with E-state index in [-0.39, 0.29) is 11.3 Å². The zero-order valence-corrected chi connectivity index (χ0v) is 10.5. The molecule has 3 aromatic heterocycles. The van der Waals surface area contributed by atoms with Gasteiger partial charge in [-0.2, -0.15) is 0 Å². The first kappa shape index (κ1) is 12.0. The highest BCUT2D eigenvalue weighted by Crippen LogP contribution is 2.18. The molecular formula is C12H10N6O2. The van der Waals surface area contributed by atoms with Crippen molar-refractivity contribution >= 4 is 23.2 Å². The summed E-state index contributed by atoms with van der Waals surface area (Å²) < 4.78 is 0. The lowest BCUT2D eigenvalue weighted by Gasteiger charge is -1.99. The third kappa shape index (κ3) is 2.03. The summed E-state index contributed by atoms with van der Waals surface area (Å²) in [4.78, 5) is 33.2. The molecule has 0 saturated heterocycles. The Kier molecular flexibility index (Phi) is 2.75. The monoisotopic (exact) mass is 270 g/mol. The maximum Gasteiger partial charge on any atom is 0.260 e. The highest BCUT2D eigenvalue weighted by molar-refractivity contribution is 5.88. The first-order chi connectivity index (χ1) is 9.65. The lowest BCUT2D eigenvalue weighted by molar-refractivity contribution is 0.472. The molecule has 3 aromatic rings. The van der Waals surface area contributed by atoms with Crippen molar-refractivity contribution in [2.45, 2.75) is 6.92 Å². The zero-order valence-electron chi connectivity index (χ0n) is 10.5. The number of rotatable bonds is 2. The third-order valence-corrected chi connectivity index (χ3v) is 2.70. The second-order valence-electron chi connectivity index (χ2n) is 4.14. The van der Waals surface area contributed by atoms with Gasteiger partial charge in [-0.15, -0.1) is 0 Å². The SMILES string of the molecule is Cc1cc(O)c(C=Nc2ncnc3nc[nH]c23)c(=O)[nH]1. The van der Waals surface area contributed by atoms with Crippen LogP contribution in [0.3, 0.4) is 0 Å². The summed E-state index contributed by atoms with van der Waals surface area (Å²) >= 11 is 0. The van der Waals surface area contributed by atoms with Crippen LogP contribution in [0.5, 0.6) is 5.75 Å². The van der Waals surface area contributed by atoms with Gasteiger partial charge in [-0.3, -0.25) is 4.79 Å². The summed E-state index contributed by atoms with van der Waals surface area (Å²) in [5, 5.41) is 9.76. The van der Waals surface area contributed by atoms with E-state index in [4.69, 9.17) is 0 Å². The molecule has 0 fully saturated rings. The van der Waals surface area contributed by atoms with Crippen LogP contribution in [0.4, 0.5) is 5.82 Å². The summed E-state index contributed by atoms with van der Waals surface area (Å²) in [5.74, 6) is 0.205. The minimum absolute atomic E-state index is 0.0712. The van der Waals surface area contributed by atoms with Crippen LogP contribution in [0, 0.1) is 6.92 Å². The quantitative estimate of drug-likeness (QED) is 0.595. The van der Waals surface area contributed by atoms with E-state index in [1.807, 2.05) is 0 Å². The molecule has 0 unspecified atom stereocenters. The number of aromatic hydroxyl groups is 1. The Morgan fingerprint density at radius 2 is 2.20 bits per heavy atom. The van der Waals surface area contributed by atoms with Crippen molar-refractivity contribution in [1.82, 2.24) is 24.9 Å². The van der Waals surface area contributed by atoms with Crippen LogP contribution < -0.4 is 5.56 Å². The van der Waals surface area contributed by atoms with Gasteiger partial charge in [0.05, 0.1) is 11.9 Å². The molecule has 0 aliphatic heterocycles. The molecule has 20 heavy (non-hydrogen) atoms. The number of aromatic amines is 2. The summed E-state index contributed by atoms with van der Waals surface area (Å²) in [6.07, 6.45) is 4.07. The first-order valence-electron chi connectivity index (χ1n) is 5.76. The van der Waals surface area contributed by atoms with E-state index in [2.05, 4.69) is 29.9 Å². The Balaban J connectivity index is 2.07. The molecule has 0 amide bonds. The number of aryl methyl sites for hydroxylation is 1. The van der Waals surface area contributed by atoms with Gasteiger partial charge in [-0.05, 0) is 13.0 Å². The zero-order chi connectivity index (χ0) is 14.1. The molecule has 0 aliphatic carbocycles. The number of H-pyrrole nitrogens is 2. The third-order valence-electron chi connectivity index (χ3n) is 2.70. The molecule has 0 radical (unpaired) electrons. The van der Waals surface area contributed by atoms with Crippen molar-refractivity contribution in [3.8, 4) is 5.75 Å². The number of hydrogen-bond donors (Lipinski definition) is 3. The highest BCUT2D eigenvalue weighted by Gasteiger charge is 2.07. The van der Waals surface area contributed by atoms with E-state index in [0.717, 1.165) is 0 Å². The van der Waals surface area contributed by atoms with Gasteiger partial charge in [0.2, 0.25) is 0 Å². The number of hydrogen-bond acceptors (Lipinski definition) is 6. The predicted molar refractivity (Wildman–Crippen MR) is 72.4 cm³/mol. The van der Waals surface area contributed by atoms with Crippen molar-refractivity contribution in [1.29, 1.82) is 0 Å². The summed E-state index contributed by atoms with van der Waals surface area (Å²) in [7, 11) is 0. The molecule has 0 spiro atoms. The predicted octanol–water partition coefficient (Wildman–Crippen LogP) is 0.806. The molecule has 3 N–H and O–H groups in total. The molecule has 100 valence electrons. The van der Waals surface area contributed by atoms with E-state index >= 15 is 0 Å². The van der Waals surface area contributed by atoms with Crippen LogP contribution in [0.25, 0.3) is 11.2 Å². The number of aromatic nitrogens is 5. The lowest BCUT2D eigenvalue weighted by atomic mass is 10.2. The number of nitrogens with zero attached hydrogens (tertiary/aromatic N) is 4. The van der Waals surface area contributed by atoms with Gasteiger partial charge in [-0.1, -0.05) is 0 Å². The Morgan fingerprint density at radius 3 is 3.00 bits per heavy atom. The van der Waals surface area contributed by atoms with Crippen LogP contribution in [0.1, 0.15) is 11.3 Å². The Hall–Kier alpha value is -3.03. The maximum atomic E-state index is 11.7. The van der Waals surface area contributed by atoms with Gasteiger partial charge in [0.15, 0.2) is 11.5 Å². The Morgan fingerprint density at radius 1 is 1.35 bits per heavy atom. The molecule has 0 saturated carbocycles. The van der Waals surface area contributed by atoms with E-state index in [1.165, 1.54) is 24.9 Å². The van der Waals surface area contributed by atoms with Crippen LogP contribution in [-0.4, -0.2) is 36.2 Å². The number of pyridine rings is 1. The summed E-state index contributed by atoms with van der Waals surface area (Å²) in [5.41, 5.74) is 1.27. The largest absolute Gasteiger partial charge is 0.507 e. The van der Waals surface area contributed by atoms with Gasteiger partial charge in [0, 0.05) is 11.9 Å². The van der Waals surface area contributed by atoms with Crippen LogP contribution in [-0.2, 0) is 0 Å². The number of fused-ring (bicyclic) bond motifs is 1. The average Bonchev–Trinajstić information content (AvgIpc) is 2.86. The van der Waals surface area contributed by atoms with E-state index in [0.29, 0.717) is 22.7 Å². The molecule has 0 bridgehead atoms. The van der Waals surface area contributed by atoms with Gasteiger partial charge in [-0.25, -0.2) is 19.9 Å².